The van der Waals surface area contributed by atoms with Crippen LogP contribution in [0.3, 0.4) is 0 Å². The van der Waals surface area contributed by atoms with E-state index in [-0.39, 0.29) is 6.03 Å². The topological polar surface area (TPSA) is 47.6 Å². The molecule has 1 atom stereocenters. The zero-order chi connectivity index (χ0) is 11.4. The lowest BCUT2D eigenvalue weighted by Gasteiger charge is -2.47. The first-order valence-corrected chi connectivity index (χ1v) is 5.88. The Labute approximate surface area is 96.5 Å². The highest BCUT2D eigenvalue weighted by Crippen LogP contribution is 2.14. The number of hydrogen-bond acceptors (Lipinski definition) is 3. The van der Waals surface area contributed by atoms with Crippen LogP contribution in [0.5, 0.6) is 0 Å². The van der Waals surface area contributed by atoms with E-state index >= 15 is 0 Å². The summed E-state index contributed by atoms with van der Waals surface area (Å²) < 4.78 is 0. The number of fused-ring (bicyclic) bond motifs is 3. The fourth-order valence-electron chi connectivity index (χ4n) is 2.36. The quantitative estimate of drug-likeness (QED) is 0.631. The van der Waals surface area contributed by atoms with Crippen LogP contribution in [0.15, 0.2) is 12.7 Å². The Morgan fingerprint density at radius 2 is 2.06 bits per heavy atom. The molecule has 0 radical (unpaired) electrons. The predicted octanol–water partition coefficient (Wildman–Crippen LogP) is -0.529. The van der Waals surface area contributed by atoms with Gasteiger partial charge in [0.15, 0.2) is 0 Å². The highest BCUT2D eigenvalue weighted by Gasteiger charge is 2.31. The third-order valence-corrected chi connectivity index (χ3v) is 3.30. The minimum atomic E-state index is -0.0995. The number of amides is 2. The minimum Gasteiger partial charge on any atom is -0.337 e. The summed E-state index contributed by atoms with van der Waals surface area (Å²) in [6.45, 7) is 10.5. The summed E-state index contributed by atoms with van der Waals surface area (Å²) in [5.41, 5.74) is 0. The van der Waals surface area contributed by atoms with Crippen molar-refractivity contribution in [2.75, 3.05) is 45.8 Å². The van der Waals surface area contributed by atoms with Crippen LogP contribution in [0, 0.1) is 0 Å². The van der Waals surface area contributed by atoms with E-state index in [1.165, 1.54) is 13.1 Å². The second-order valence-corrected chi connectivity index (χ2v) is 4.37. The fraction of sp³-hybridized carbons (Fsp3) is 0.727. The van der Waals surface area contributed by atoms with Crippen molar-refractivity contribution >= 4 is 6.03 Å². The molecule has 0 aromatic heterocycles. The molecule has 2 amide bonds. The molecule has 3 aliphatic rings. The van der Waals surface area contributed by atoms with Crippen LogP contribution in [-0.4, -0.2) is 67.7 Å². The molecule has 2 bridgehead atoms. The zero-order valence-corrected chi connectivity index (χ0v) is 9.61. The molecule has 3 rings (SSSR count). The Bertz CT molecular complexity index is 261. The van der Waals surface area contributed by atoms with Gasteiger partial charge in [-0.1, -0.05) is 6.08 Å². The second kappa shape index (κ2) is 5.32. The second-order valence-electron chi connectivity index (χ2n) is 4.37. The molecule has 2 N–H and O–H groups in total. The average Bonchev–Trinajstić information content (AvgIpc) is 2.35. The SMILES string of the molecule is C=CCNC(=O)NCC1CN2CCN1CC2. The van der Waals surface area contributed by atoms with Gasteiger partial charge < -0.3 is 10.6 Å². The maximum atomic E-state index is 11.3. The van der Waals surface area contributed by atoms with Gasteiger partial charge in [-0.05, 0) is 0 Å². The van der Waals surface area contributed by atoms with Gasteiger partial charge in [0, 0.05) is 51.9 Å². The molecule has 0 aliphatic carbocycles. The van der Waals surface area contributed by atoms with Gasteiger partial charge in [0.1, 0.15) is 0 Å². The van der Waals surface area contributed by atoms with Crippen molar-refractivity contribution < 1.29 is 4.79 Å². The first kappa shape index (κ1) is 11.4. The van der Waals surface area contributed by atoms with Crippen LogP contribution in [0.25, 0.3) is 0 Å². The van der Waals surface area contributed by atoms with Gasteiger partial charge in [0.25, 0.3) is 0 Å². The summed E-state index contributed by atoms with van der Waals surface area (Å²) in [6, 6.07) is 0.384. The van der Waals surface area contributed by atoms with Crippen molar-refractivity contribution in [1.82, 2.24) is 20.4 Å². The number of carbonyl (C=O) groups is 1. The van der Waals surface area contributed by atoms with Crippen molar-refractivity contribution in [1.29, 1.82) is 0 Å². The Hall–Kier alpha value is -1.07. The number of piperazine rings is 3. The highest BCUT2D eigenvalue weighted by atomic mass is 16.2. The third kappa shape index (κ3) is 2.74. The van der Waals surface area contributed by atoms with Crippen LogP contribution in [0.2, 0.25) is 0 Å². The number of carbonyl (C=O) groups excluding carboxylic acids is 1. The molecule has 5 heteroatoms. The summed E-state index contributed by atoms with van der Waals surface area (Å²) >= 11 is 0. The summed E-state index contributed by atoms with van der Waals surface area (Å²) in [4.78, 5) is 16.3. The molecule has 90 valence electrons. The van der Waals surface area contributed by atoms with E-state index in [9.17, 15) is 4.79 Å². The Kier molecular flexibility index (Phi) is 3.79. The zero-order valence-electron chi connectivity index (χ0n) is 9.61. The van der Waals surface area contributed by atoms with E-state index in [0.717, 1.165) is 26.2 Å². The first-order valence-electron chi connectivity index (χ1n) is 5.88. The summed E-state index contributed by atoms with van der Waals surface area (Å²) in [5.74, 6) is 0. The van der Waals surface area contributed by atoms with E-state index in [4.69, 9.17) is 0 Å². The van der Waals surface area contributed by atoms with Gasteiger partial charge in [-0.25, -0.2) is 4.79 Å². The van der Waals surface area contributed by atoms with E-state index in [1.807, 2.05) is 0 Å². The Morgan fingerprint density at radius 1 is 1.31 bits per heavy atom. The van der Waals surface area contributed by atoms with Gasteiger partial charge >= 0.3 is 6.03 Å². The van der Waals surface area contributed by atoms with Crippen molar-refractivity contribution in [3.63, 3.8) is 0 Å². The standard InChI is InChI=1S/C11H20N4O/c1-2-3-12-11(16)13-8-10-9-14-4-6-15(10)7-5-14/h2,10H,1,3-9H2,(H2,12,13,16). The number of hydrogen-bond donors (Lipinski definition) is 2. The van der Waals surface area contributed by atoms with Crippen LogP contribution in [0.4, 0.5) is 4.79 Å². The van der Waals surface area contributed by atoms with Crippen molar-refractivity contribution in [2.24, 2.45) is 0 Å². The largest absolute Gasteiger partial charge is 0.337 e. The van der Waals surface area contributed by atoms with E-state index in [0.29, 0.717) is 12.6 Å². The lowest BCUT2D eigenvalue weighted by atomic mass is 10.1. The molecular formula is C11H20N4O. The van der Waals surface area contributed by atoms with Gasteiger partial charge in [-0.3, -0.25) is 9.80 Å². The fourth-order valence-corrected chi connectivity index (χ4v) is 2.36. The number of urea groups is 1. The molecule has 3 aliphatic heterocycles. The Balaban J connectivity index is 1.70. The number of nitrogens with zero attached hydrogens (tertiary/aromatic N) is 2. The van der Waals surface area contributed by atoms with Crippen molar-refractivity contribution in [3.8, 4) is 0 Å². The third-order valence-electron chi connectivity index (χ3n) is 3.30. The van der Waals surface area contributed by atoms with Gasteiger partial charge in [0.2, 0.25) is 0 Å². The van der Waals surface area contributed by atoms with E-state index < -0.39 is 0 Å². The maximum Gasteiger partial charge on any atom is 0.315 e. The molecule has 1 unspecified atom stereocenters. The van der Waals surface area contributed by atoms with Crippen LogP contribution in [-0.2, 0) is 0 Å². The molecule has 16 heavy (non-hydrogen) atoms. The van der Waals surface area contributed by atoms with Crippen LogP contribution in [0.1, 0.15) is 0 Å². The minimum absolute atomic E-state index is 0.0995. The van der Waals surface area contributed by atoms with E-state index in [2.05, 4.69) is 27.0 Å². The maximum absolute atomic E-state index is 11.3. The van der Waals surface area contributed by atoms with Crippen LogP contribution >= 0.6 is 0 Å². The summed E-state index contributed by atoms with van der Waals surface area (Å²) in [7, 11) is 0. The average molecular weight is 224 g/mol. The Morgan fingerprint density at radius 3 is 2.62 bits per heavy atom. The molecular weight excluding hydrogens is 204 g/mol. The van der Waals surface area contributed by atoms with Crippen molar-refractivity contribution in [3.05, 3.63) is 12.7 Å². The van der Waals surface area contributed by atoms with Gasteiger partial charge in [-0.15, -0.1) is 6.58 Å². The molecule has 0 aromatic carbocycles. The van der Waals surface area contributed by atoms with Gasteiger partial charge in [-0.2, -0.15) is 0 Å². The summed E-state index contributed by atoms with van der Waals surface area (Å²) in [6.07, 6.45) is 1.68. The monoisotopic (exact) mass is 224 g/mol. The summed E-state index contributed by atoms with van der Waals surface area (Å²) in [5, 5.41) is 5.62. The normalized spacial score (nSPS) is 32.1. The molecule has 5 nitrogen and oxygen atoms in total. The van der Waals surface area contributed by atoms with Crippen LogP contribution < -0.4 is 10.6 Å². The first-order chi connectivity index (χ1) is 7.79. The molecule has 3 heterocycles. The highest BCUT2D eigenvalue weighted by molar-refractivity contribution is 5.73. The molecule has 3 fully saturated rings. The molecule has 0 aromatic rings. The number of rotatable bonds is 4. The molecule has 0 saturated carbocycles. The molecule has 0 spiro atoms. The van der Waals surface area contributed by atoms with Crippen molar-refractivity contribution in [2.45, 2.75) is 6.04 Å². The van der Waals surface area contributed by atoms with E-state index in [1.54, 1.807) is 6.08 Å². The molecule has 3 saturated heterocycles. The lowest BCUT2D eigenvalue weighted by molar-refractivity contribution is 0.0148. The van der Waals surface area contributed by atoms with Gasteiger partial charge in [0.05, 0.1) is 0 Å². The predicted molar refractivity (Wildman–Crippen MR) is 63.4 cm³/mol. The smallest absolute Gasteiger partial charge is 0.315 e. The lowest BCUT2D eigenvalue weighted by Crippen LogP contribution is -2.63. The number of nitrogens with one attached hydrogen (secondary N) is 2.